The quantitative estimate of drug-likeness (QED) is 0.0449. The highest BCUT2D eigenvalue weighted by atomic mass is 33.1. The second-order valence-electron chi connectivity index (χ2n) is 17.1. The molecule has 0 bridgehead atoms. The smallest absolute Gasteiger partial charge is 0.335 e. The van der Waals surface area contributed by atoms with Gasteiger partial charge in [-0.2, -0.15) is 0 Å². The fraction of sp³-hybridized carbons (Fsp3) is 0.400. The molecule has 4 heterocycles. The Morgan fingerprint density at radius 3 is 2.69 bits per heavy atom. The van der Waals surface area contributed by atoms with Crippen molar-refractivity contribution in [1.82, 2.24) is 15.6 Å². The largest absolute Gasteiger partial charge is 0.508 e. The van der Waals surface area contributed by atoms with Crippen LogP contribution >= 0.6 is 21.6 Å². The maximum atomic E-state index is 13.5. The van der Waals surface area contributed by atoms with Crippen LogP contribution in [0.1, 0.15) is 61.6 Å². The molecule has 0 amide bonds. The van der Waals surface area contributed by atoms with Gasteiger partial charge in [-0.05, 0) is 115 Å². The number of aliphatic hydroxyl groups excluding tert-OH is 1. The van der Waals surface area contributed by atoms with E-state index < -0.39 is 36.2 Å². The number of β-amino-alcohol motifs (C(OH)–C–C–N with tert-alkyl or cyclic N) is 1. The van der Waals surface area contributed by atoms with Gasteiger partial charge in [0, 0.05) is 36.7 Å². The summed E-state index contributed by atoms with van der Waals surface area (Å²) < 4.78 is 24.3. The Morgan fingerprint density at radius 2 is 1.91 bits per heavy atom. The fourth-order valence-electron chi connectivity index (χ4n) is 9.27. The number of allylic oxidation sites excluding steroid dienone is 4. The molecule has 8 rings (SSSR count). The number of aliphatic carboxylic acids is 1. The molecule has 0 saturated carbocycles. The summed E-state index contributed by atoms with van der Waals surface area (Å²) in [7, 11) is 3.05. The zero-order valence-corrected chi connectivity index (χ0v) is 38.1. The summed E-state index contributed by atoms with van der Waals surface area (Å²) in [5.41, 5.74) is 3.60. The summed E-state index contributed by atoms with van der Waals surface area (Å²) in [4.78, 5) is 29.3. The van der Waals surface area contributed by atoms with Crippen LogP contribution in [0.3, 0.4) is 0 Å². The lowest BCUT2D eigenvalue weighted by Crippen LogP contribution is -2.72. The second kappa shape index (κ2) is 21.2. The molecule has 7 N–H and O–H groups in total. The van der Waals surface area contributed by atoms with Crippen LogP contribution in [0, 0.1) is 11.8 Å². The van der Waals surface area contributed by atoms with Crippen molar-refractivity contribution in [3.8, 4) is 22.6 Å². The van der Waals surface area contributed by atoms with E-state index in [1.54, 1.807) is 22.9 Å². The zero-order chi connectivity index (χ0) is 45.5. The molecule has 3 aromatic carbocycles. The van der Waals surface area contributed by atoms with Crippen molar-refractivity contribution in [1.29, 1.82) is 0 Å². The lowest BCUT2D eigenvalue weighted by molar-refractivity contribution is -0.316. The third-order valence-electron chi connectivity index (χ3n) is 12.9. The summed E-state index contributed by atoms with van der Waals surface area (Å²) >= 11 is 0. The number of fused-ring (bicyclic) bond motifs is 3. The third kappa shape index (κ3) is 10.4. The third-order valence-corrected chi connectivity index (χ3v) is 15.0. The summed E-state index contributed by atoms with van der Waals surface area (Å²) in [5.74, 6) is 0.216. The molecule has 65 heavy (non-hydrogen) atoms. The normalized spacial score (nSPS) is 27.3. The number of carbonyl (C=O) groups is 1. The summed E-state index contributed by atoms with van der Waals surface area (Å²) in [6.07, 6.45) is 8.57. The first-order valence-electron chi connectivity index (χ1n) is 22.2. The number of carboxylic acid groups (broad SMARTS) is 1. The van der Waals surface area contributed by atoms with Crippen LogP contribution in [0.4, 0.5) is 0 Å². The minimum Gasteiger partial charge on any atom is -0.508 e. The molecule has 344 valence electrons. The number of hydrogen-bond donors (Lipinski definition) is 7. The molecule has 0 spiro atoms. The van der Waals surface area contributed by atoms with Crippen molar-refractivity contribution in [3.63, 3.8) is 0 Å². The number of ether oxygens (including phenoxy) is 3. The van der Waals surface area contributed by atoms with E-state index in [4.69, 9.17) is 18.6 Å². The van der Waals surface area contributed by atoms with Gasteiger partial charge in [0.1, 0.15) is 41.5 Å². The number of H-pyrrole nitrogens is 1. The number of phenolic OH excluding ortho intramolecular Hbond substituents is 1. The molecule has 3 aliphatic rings. The van der Waals surface area contributed by atoms with Crippen molar-refractivity contribution in [2.24, 2.45) is 11.8 Å². The van der Waals surface area contributed by atoms with Gasteiger partial charge in [-0.15, -0.1) is 0 Å². The van der Waals surface area contributed by atoms with Crippen LogP contribution in [-0.4, -0.2) is 99.5 Å². The molecule has 1 aliphatic carbocycles. The van der Waals surface area contributed by atoms with Crippen LogP contribution in [0.15, 0.2) is 119 Å². The van der Waals surface area contributed by atoms with Gasteiger partial charge < -0.3 is 54.7 Å². The number of aromatic hydroxyl groups is 1. The van der Waals surface area contributed by atoms with Gasteiger partial charge in [0.25, 0.3) is 0 Å². The van der Waals surface area contributed by atoms with Gasteiger partial charge in [-0.3, -0.25) is 4.79 Å². The summed E-state index contributed by atoms with van der Waals surface area (Å²) in [6, 6.07) is 21.5. The molecule has 0 radical (unpaired) electrons. The topological polar surface area (TPSA) is 196 Å². The molecule has 0 unspecified atom stereocenters. The molecule has 2 fully saturated rings. The number of carboxylic acids is 1. The van der Waals surface area contributed by atoms with Gasteiger partial charge in [-0.1, -0.05) is 90.1 Å². The number of hydrogen-bond acceptors (Lipinski definition) is 13. The molecule has 9 atom stereocenters. The molecule has 15 heteroatoms. The highest BCUT2D eigenvalue weighted by molar-refractivity contribution is 8.76. The lowest BCUT2D eigenvalue weighted by Gasteiger charge is -2.48. The monoisotopic (exact) mass is 923 g/mol. The Labute approximate surface area is 386 Å². The number of rotatable bonds is 13. The maximum Gasteiger partial charge on any atom is 0.335 e. The fourth-order valence-corrected chi connectivity index (χ4v) is 11.3. The number of aromatic nitrogens is 1. The average Bonchev–Trinajstić information content (AvgIpc) is 3.84. The second-order valence-corrected chi connectivity index (χ2v) is 19.6. The predicted molar refractivity (Wildman–Crippen MR) is 255 cm³/mol. The first-order chi connectivity index (χ1) is 31.5. The maximum absolute atomic E-state index is 13.5. The van der Waals surface area contributed by atoms with Gasteiger partial charge in [0.15, 0.2) is 17.1 Å². The molecular formula is C50H57N3O10S2. The number of aliphatic hydroxyl groups is 2. The van der Waals surface area contributed by atoms with E-state index in [0.29, 0.717) is 23.6 Å². The first-order valence-corrected chi connectivity index (χ1v) is 24.7. The van der Waals surface area contributed by atoms with Crippen molar-refractivity contribution >= 4 is 44.1 Å². The van der Waals surface area contributed by atoms with E-state index >= 15 is 0 Å². The predicted octanol–water partition coefficient (Wildman–Crippen LogP) is 7.65. The molecule has 5 aromatic rings. The summed E-state index contributed by atoms with van der Waals surface area (Å²) in [5, 5.41) is 51.4. The number of nitrogens with one attached hydrogen (secondary N) is 3. The molecule has 13 nitrogen and oxygen atoms in total. The Hall–Kier alpha value is -4.84. The molecular weight excluding hydrogens is 867 g/mol. The van der Waals surface area contributed by atoms with Gasteiger partial charge in [0.05, 0.1) is 10.9 Å². The van der Waals surface area contributed by atoms with Gasteiger partial charge >= 0.3 is 5.97 Å². The van der Waals surface area contributed by atoms with Crippen LogP contribution in [-0.2, 0) is 14.3 Å². The van der Waals surface area contributed by atoms with Gasteiger partial charge in [0.2, 0.25) is 6.29 Å². The van der Waals surface area contributed by atoms with E-state index in [-0.39, 0.29) is 58.1 Å². The van der Waals surface area contributed by atoms with E-state index in [0.717, 1.165) is 38.1 Å². The molecule has 2 aliphatic heterocycles. The van der Waals surface area contributed by atoms with Crippen molar-refractivity contribution < 1.29 is 43.8 Å². The molecule has 2 saturated heterocycles. The average molecular weight is 924 g/mol. The standard InChI is InChI=1S/C50H57N3O10S2/c1-3-20-51-21-18-33-11-10-31(37-6-4-5-7-38(33)37)9-8-30(2)40-25-53-28-50(59)47(61-29-65-64-27-42(40)34-19-22-52-24-34)45(56)46(48(57)58)63-49(50)62-36-16-17-39-43(23-36)60-26-41(44(39)55)32-12-14-35(54)15-13-32/h4-7,9-17,19,22-24,26,30,33,40,42,45-47,49,51-54,56,59H,3,8,18,20-21,25,27-29H2,1-2H3,(H,57,58)/b31-9+/t30-,33+,40+,42-,45+,46-,47-,49+,50+/m0/s1. The van der Waals surface area contributed by atoms with E-state index in [1.807, 2.05) is 12.4 Å². The Morgan fingerprint density at radius 1 is 1.08 bits per heavy atom. The van der Waals surface area contributed by atoms with Crippen LogP contribution < -0.4 is 20.8 Å². The van der Waals surface area contributed by atoms with Crippen molar-refractivity contribution in [3.05, 3.63) is 137 Å². The molecule has 2 aromatic heterocycles. The Kier molecular flexibility index (Phi) is 15.2. The lowest BCUT2D eigenvalue weighted by atomic mass is 9.77. The number of benzene rings is 3. The number of phenols is 1. The zero-order valence-electron chi connectivity index (χ0n) is 36.4. The minimum atomic E-state index is -2.10. The van der Waals surface area contributed by atoms with E-state index in [1.165, 1.54) is 69.7 Å². The van der Waals surface area contributed by atoms with Crippen molar-refractivity contribution in [2.75, 3.05) is 37.9 Å². The summed E-state index contributed by atoms with van der Waals surface area (Å²) in [6.45, 7) is 6.69. The van der Waals surface area contributed by atoms with Crippen LogP contribution in [0.5, 0.6) is 11.5 Å². The van der Waals surface area contributed by atoms with E-state index in [9.17, 15) is 30.0 Å². The van der Waals surface area contributed by atoms with Gasteiger partial charge in [-0.25, -0.2) is 4.79 Å². The first kappa shape index (κ1) is 46.7. The van der Waals surface area contributed by atoms with Crippen molar-refractivity contribution in [2.45, 2.75) is 75.1 Å². The van der Waals surface area contributed by atoms with Crippen LogP contribution in [0.2, 0.25) is 0 Å². The Bertz CT molecular complexity index is 2510. The van der Waals surface area contributed by atoms with Crippen LogP contribution in [0.25, 0.3) is 27.7 Å². The van der Waals surface area contributed by atoms with E-state index in [2.05, 4.69) is 78.0 Å². The Balaban J connectivity index is 1.06. The minimum absolute atomic E-state index is 0.0336. The highest BCUT2D eigenvalue weighted by Crippen LogP contribution is 2.42. The number of aromatic amines is 1. The SMILES string of the molecule is CCCNCC[C@H]1C=C/C(=C\C[C@H](C)[C@H]2CNC[C@]3(O)[C@H](Oc4ccc5c(=O)c(-c6ccc(O)cc6)coc5c4)O[C@H](C(=O)O)[C@@H](O)[C@@H]3OCSSC[C@H]2c2cc[nH]c2)c2ccccc21. The highest BCUT2D eigenvalue weighted by Gasteiger charge is 2.59.